The minimum absolute atomic E-state index is 0.417. The van der Waals surface area contributed by atoms with Crippen LogP contribution in [-0.4, -0.2) is 42.7 Å². The monoisotopic (exact) mass is 251 g/mol. The van der Waals surface area contributed by atoms with E-state index < -0.39 is 12.0 Å². The third kappa shape index (κ3) is 3.74. The summed E-state index contributed by atoms with van der Waals surface area (Å²) in [5.74, 6) is 0.0919. The van der Waals surface area contributed by atoms with Crippen LogP contribution in [0, 0.1) is 0 Å². The van der Waals surface area contributed by atoms with Crippen LogP contribution in [-0.2, 0) is 11.2 Å². The van der Waals surface area contributed by atoms with Gasteiger partial charge in [0.25, 0.3) is 0 Å². The molecule has 0 aliphatic heterocycles. The van der Waals surface area contributed by atoms with Crippen LogP contribution < -0.4 is 4.74 Å². The van der Waals surface area contributed by atoms with E-state index in [1.807, 2.05) is 43.1 Å². The van der Waals surface area contributed by atoms with Gasteiger partial charge in [-0.2, -0.15) is 0 Å². The van der Waals surface area contributed by atoms with E-state index in [-0.39, 0.29) is 0 Å². The average Bonchev–Trinajstić information content (AvgIpc) is 2.37. The second kappa shape index (κ2) is 7.01. The Kier molecular flexibility index (Phi) is 5.65. The molecule has 18 heavy (non-hydrogen) atoms. The molecule has 1 N–H and O–H groups in total. The third-order valence-corrected chi connectivity index (χ3v) is 3.13. The van der Waals surface area contributed by atoms with Crippen LogP contribution in [0.3, 0.4) is 0 Å². The van der Waals surface area contributed by atoms with Gasteiger partial charge >= 0.3 is 5.97 Å². The van der Waals surface area contributed by atoms with Crippen molar-refractivity contribution in [2.24, 2.45) is 0 Å². The van der Waals surface area contributed by atoms with Gasteiger partial charge in [0.05, 0.1) is 7.11 Å². The van der Waals surface area contributed by atoms with Gasteiger partial charge in [-0.25, -0.2) is 0 Å². The normalized spacial score (nSPS) is 12.4. The molecule has 0 heterocycles. The van der Waals surface area contributed by atoms with E-state index in [1.54, 1.807) is 7.11 Å². The summed E-state index contributed by atoms with van der Waals surface area (Å²) in [5, 5.41) is 9.08. The lowest BCUT2D eigenvalue weighted by atomic mass is 10.1. The molecule has 4 heteroatoms. The van der Waals surface area contributed by atoms with Gasteiger partial charge in [-0.05, 0) is 31.5 Å². The summed E-state index contributed by atoms with van der Waals surface area (Å²) in [5.41, 5.74) is 1.10. The Morgan fingerprint density at radius 2 is 2.11 bits per heavy atom. The van der Waals surface area contributed by atoms with Crippen LogP contribution in [0.1, 0.15) is 18.9 Å². The van der Waals surface area contributed by atoms with Crippen LogP contribution in [0.4, 0.5) is 0 Å². The van der Waals surface area contributed by atoms with Crippen molar-refractivity contribution in [2.75, 3.05) is 20.7 Å². The van der Waals surface area contributed by atoms with E-state index in [0.29, 0.717) is 13.0 Å². The molecule has 0 aliphatic carbocycles. The number of hydrogen-bond acceptors (Lipinski definition) is 3. The van der Waals surface area contributed by atoms with Crippen molar-refractivity contribution >= 4 is 5.97 Å². The molecular formula is C14H21NO3. The van der Waals surface area contributed by atoms with Crippen LogP contribution >= 0.6 is 0 Å². The SMILES string of the molecule is CCC(C(=O)O)N(C)CCc1ccccc1OC. The van der Waals surface area contributed by atoms with Gasteiger partial charge < -0.3 is 9.84 Å². The lowest BCUT2D eigenvalue weighted by Gasteiger charge is -2.23. The first-order chi connectivity index (χ1) is 8.60. The molecule has 1 aromatic carbocycles. The predicted octanol–water partition coefficient (Wildman–Crippen LogP) is 2.03. The Balaban J connectivity index is 2.61. The number of carboxylic acids is 1. The molecule has 0 amide bonds. The van der Waals surface area contributed by atoms with E-state index in [2.05, 4.69) is 0 Å². The Hall–Kier alpha value is -1.55. The molecule has 0 spiro atoms. The van der Waals surface area contributed by atoms with Gasteiger partial charge in [-0.15, -0.1) is 0 Å². The molecule has 1 atom stereocenters. The minimum Gasteiger partial charge on any atom is -0.496 e. The first-order valence-electron chi connectivity index (χ1n) is 6.15. The molecule has 0 radical (unpaired) electrons. The highest BCUT2D eigenvalue weighted by molar-refractivity contribution is 5.73. The molecule has 0 aliphatic rings. The zero-order chi connectivity index (χ0) is 13.5. The predicted molar refractivity (Wildman–Crippen MR) is 71.0 cm³/mol. The average molecular weight is 251 g/mol. The first kappa shape index (κ1) is 14.5. The van der Waals surface area contributed by atoms with Gasteiger partial charge in [0.1, 0.15) is 11.8 Å². The Labute approximate surface area is 108 Å². The maximum Gasteiger partial charge on any atom is 0.320 e. The molecule has 0 aromatic heterocycles. The number of carboxylic acid groups (broad SMARTS) is 1. The van der Waals surface area contributed by atoms with E-state index in [0.717, 1.165) is 17.7 Å². The van der Waals surface area contributed by atoms with Crippen LogP contribution in [0.25, 0.3) is 0 Å². The standard InChI is InChI=1S/C14H21NO3/c1-4-12(14(16)17)15(2)10-9-11-7-5-6-8-13(11)18-3/h5-8,12H,4,9-10H2,1-3H3,(H,16,17). The second-order valence-corrected chi connectivity index (χ2v) is 4.30. The van der Waals surface area contributed by atoms with Gasteiger partial charge in [-0.1, -0.05) is 25.1 Å². The van der Waals surface area contributed by atoms with Crippen molar-refractivity contribution in [3.05, 3.63) is 29.8 Å². The number of para-hydroxylation sites is 1. The van der Waals surface area contributed by atoms with E-state index >= 15 is 0 Å². The number of likely N-dealkylation sites (N-methyl/N-ethyl adjacent to an activating group) is 1. The topological polar surface area (TPSA) is 49.8 Å². The highest BCUT2D eigenvalue weighted by Gasteiger charge is 2.20. The third-order valence-electron chi connectivity index (χ3n) is 3.13. The zero-order valence-corrected chi connectivity index (χ0v) is 11.2. The van der Waals surface area contributed by atoms with Crippen molar-refractivity contribution in [3.63, 3.8) is 0 Å². The van der Waals surface area contributed by atoms with E-state index in [1.165, 1.54) is 0 Å². The van der Waals surface area contributed by atoms with Crippen LogP contribution in [0.2, 0.25) is 0 Å². The summed E-state index contributed by atoms with van der Waals surface area (Å²) in [6, 6.07) is 7.41. The number of benzene rings is 1. The summed E-state index contributed by atoms with van der Waals surface area (Å²) in [6.45, 7) is 2.59. The summed E-state index contributed by atoms with van der Waals surface area (Å²) in [6.07, 6.45) is 1.39. The van der Waals surface area contributed by atoms with Crippen LogP contribution in [0.5, 0.6) is 5.75 Å². The molecule has 1 unspecified atom stereocenters. The first-order valence-corrected chi connectivity index (χ1v) is 6.15. The fraction of sp³-hybridized carbons (Fsp3) is 0.500. The van der Waals surface area contributed by atoms with Crippen LogP contribution in [0.15, 0.2) is 24.3 Å². The molecule has 0 fully saturated rings. The molecule has 0 bridgehead atoms. The molecule has 1 aromatic rings. The number of aliphatic carboxylic acids is 1. The van der Waals surface area contributed by atoms with E-state index in [4.69, 9.17) is 9.84 Å². The highest BCUT2D eigenvalue weighted by Crippen LogP contribution is 2.18. The number of hydrogen-bond donors (Lipinski definition) is 1. The quantitative estimate of drug-likeness (QED) is 0.805. The molecule has 1 rings (SSSR count). The summed E-state index contributed by atoms with van der Waals surface area (Å²) < 4.78 is 5.28. The maximum atomic E-state index is 11.0. The van der Waals surface area contributed by atoms with Gasteiger partial charge in [-0.3, -0.25) is 9.69 Å². The lowest BCUT2D eigenvalue weighted by Crippen LogP contribution is -2.39. The fourth-order valence-corrected chi connectivity index (χ4v) is 2.04. The van der Waals surface area contributed by atoms with Crippen molar-refractivity contribution in [2.45, 2.75) is 25.8 Å². The van der Waals surface area contributed by atoms with Gasteiger partial charge in [0.15, 0.2) is 0 Å². The number of carbonyl (C=O) groups is 1. The van der Waals surface area contributed by atoms with Gasteiger partial charge in [0, 0.05) is 6.54 Å². The summed E-state index contributed by atoms with van der Waals surface area (Å²) in [7, 11) is 3.49. The lowest BCUT2D eigenvalue weighted by molar-refractivity contribution is -0.142. The Morgan fingerprint density at radius 1 is 1.44 bits per heavy atom. The fourth-order valence-electron chi connectivity index (χ4n) is 2.04. The number of rotatable bonds is 7. The summed E-state index contributed by atoms with van der Waals surface area (Å²) >= 11 is 0. The van der Waals surface area contributed by atoms with Gasteiger partial charge in [0.2, 0.25) is 0 Å². The molecule has 4 nitrogen and oxygen atoms in total. The maximum absolute atomic E-state index is 11.0. The van der Waals surface area contributed by atoms with Crippen molar-refractivity contribution in [1.29, 1.82) is 0 Å². The molecule has 0 saturated carbocycles. The molecule has 100 valence electrons. The Bertz CT molecular complexity index is 392. The van der Waals surface area contributed by atoms with Crippen molar-refractivity contribution in [3.8, 4) is 5.75 Å². The second-order valence-electron chi connectivity index (χ2n) is 4.30. The minimum atomic E-state index is -0.764. The number of ether oxygens (including phenoxy) is 1. The largest absolute Gasteiger partial charge is 0.496 e. The Morgan fingerprint density at radius 3 is 2.67 bits per heavy atom. The molecular weight excluding hydrogens is 230 g/mol. The number of nitrogens with zero attached hydrogens (tertiary/aromatic N) is 1. The zero-order valence-electron chi connectivity index (χ0n) is 11.2. The summed E-state index contributed by atoms with van der Waals surface area (Å²) in [4.78, 5) is 12.9. The number of methoxy groups -OCH3 is 1. The van der Waals surface area contributed by atoms with E-state index in [9.17, 15) is 4.79 Å². The molecule has 0 saturated heterocycles. The highest BCUT2D eigenvalue weighted by atomic mass is 16.5. The van der Waals surface area contributed by atoms with Crippen molar-refractivity contribution in [1.82, 2.24) is 4.90 Å². The smallest absolute Gasteiger partial charge is 0.320 e. The van der Waals surface area contributed by atoms with Crippen molar-refractivity contribution < 1.29 is 14.6 Å².